The molecule has 6 nitrogen and oxygen atoms in total. The zero-order valence-corrected chi connectivity index (χ0v) is 7.33. The number of hydrogen-bond donors (Lipinski definition) is 3. The average molecular weight is 184 g/mol. The van der Waals surface area contributed by atoms with Gasteiger partial charge in [0, 0.05) is 13.7 Å². The number of aromatic nitrogens is 3. The summed E-state index contributed by atoms with van der Waals surface area (Å²) in [6, 6.07) is 0.101. The smallest absolute Gasteiger partial charge is 0.340 e. The molecule has 2 atom stereocenters. The van der Waals surface area contributed by atoms with Crippen LogP contribution in [0, 0.1) is 0 Å². The molecule has 0 spiro atoms. The van der Waals surface area contributed by atoms with Crippen molar-refractivity contribution in [1.82, 2.24) is 20.5 Å². The summed E-state index contributed by atoms with van der Waals surface area (Å²) in [5.41, 5.74) is -0.266. The Morgan fingerprint density at radius 3 is 3.00 bits per heavy atom. The van der Waals surface area contributed by atoms with Crippen LogP contribution >= 0.6 is 0 Å². The summed E-state index contributed by atoms with van der Waals surface area (Å²) >= 11 is 0. The van der Waals surface area contributed by atoms with Gasteiger partial charge in [-0.15, -0.1) is 0 Å². The Balaban J connectivity index is 2.07. The summed E-state index contributed by atoms with van der Waals surface area (Å²) in [6.07, 6.45) is 1.06. The number of H-pyrrole nitrogens is 2. The van der Waals surface area contributed by atoms with E-state index in [0.717, 1.165) is 13.0 Å². The summed E-state index contributed by atoms with van der Waals surface area (Å²) in [6.45, 7) is 0.802. The molecule has 2 rings (SSSR count). The van der Waals surface area contributed by atoms with Crippen LogP contribution in [0.15, 0.2) is 4.79 Å². The summed E-state index contributed by atoms with van der Waals surface area (Å²) in [7, 11) is 1.68. The first-order valence-electron chi connectivity index (χ1n) is 4.20. The highest BCUT2D eigenvalue weighted by molar-refractivity contribution is 4.97. The van der Waals surface area contributed by atoms with Gasteiger partial charge < -0.3 is 10.1 Å². The molecule has 1 fully saturated rings. The van der Waals surface area contributed by atoms with E-state index in [2.05, 4.69) is 20.5 Å². The second-order valence-electron chi connectivity index (χ2n) is 3.12. The fraction of sp³-hybridized carbons (Fsp3) is 0.714. The zero-order valence-electron chi connectivity index (χ0n) is 7.33. The van der Waals surface area contributed by atoms with E-state index in [1.807, 2.05) is 0 Å². The standard InChI is InChI=1S/C7H12N4O2/c1-13-4-2-5(8-3-4)6-9-7(12)11-10-6/h4-5,8H,2-3H2,1H3,(H2,9,10,11,12). The maximum absolute atomic E-state index is 10.8. The first kappa shape index (κ1) is 8.46. The molecular weight excluding hydrogens is 172 g/mol. The Morgan fingerprint density at radius 1 is 1.62 bits per heavy atom. The van der Waals surface area contributed by atoms with Gasteiger partial charge in [-0.05, 0) is 6.42 Å². The van der Waals surface area contributed by atoms with Crippen LogP contribution in [0.4, 0.5) is 0 Å². The van der Waals surface area contributed by atoms with E-state index in [0.29, 0.717) is 5.82 Å². The first-order chi connectivity index (χ1) is 6.29. The molecule has 1 aromatic rings. The SMILES string of the molecule is COC1CNC(c2n[nH]c(=O)[nH]2)C1. The lowest BCUT2D eigenvalue weighted by Crippen LogP contribution is -2.17. The topological polar surface area (TPSA) is 82.8 Å². The number of ether oxygens (including phenoxy) is 1. The van der Waals surface area contributed by atoms with Crippen LogP contribution in [0.2, 0.25) is 0 Å². The Hall–Kier alpha value is -1.14. The van der Waals surface area contributed by atoms with Crippen molar-refractivity contribution in [2.24, 2.45) is 0 Å². The molecule has 0 radical (unpaired) electrons. The fourth-order valence-electron chi connectivity index (χ4n) is 1.54. The molecule has 1 aliphatic rings. The van der Waals surface area contributed by atoms with E-state index in [1.165, 1.54) is 0 Å². The van der Waals surface area contributed by atoms with E-state index in [-0.39, 0.29) is 17.8 Å². The lowest BCUT2D eigenvalue weighted by Gasteiger charge is -2.05. The maximum Gasteiger partial charge on any atom is 0.340 e. The maximum atomic E-state index is 10.8. The number of hydrogen-bond acceptors (Lipinski definition) is 4. The highest BCUT2D eigenvalue weighted by Crippen LogP contribution is 2.20. The fourth-order valence-corrected chi connectivity index (χ4v) is 1.54. The lowest BCUT2D eigenvalue weighted by atomic mass is 10.2. The Labute approximate surface area is 74.7 Å². The van der Waals surface area contributed by atoms with Gasteiger partial charge in [0.15, 0.2) is 0 Å². The molecule has 72 valence electrons. The summed E-state index contributed by atoms with van der Waals surface area (Å²) in [5.74, 6) is 0.657. The Kier molecular flexibility index (Phi) is 2.15. The van der Waals surface area contributed by atoms with Gasteiger partial charge in [0.25, 0.3) is 0 Å². The molecule has 0 aromatic carbocycles. The van der Waals surface area contributed by atoms with Crippen molar-refractivity contribution in [3.8, 4) is 0 Å². The Bertz CT molecular complexity index is 331. The third kappa shape index (κ3) is 1.63. The van der Waals surface area contributed by atoms with Crippen molar-refractivity contribution >= 4 is 0 Å². The average Bonchev–Trinajstić information content (AvgIpc) is 2.71. The predicted molar refractivity (Wildman–Crippen MR) is 45.4 cm³/mol. The van der Waals surface area contributed by atoms with Crippen LogP contribution in [-0.2, 0) is 4.74 Å². The summed E-state index contributed by atoms with van der Waals surface area (Å²) in [5, 5.41) is 9.40. The molecule has 0 aliphatic carbocycles. The zero-order chi connectivity index (χ0) is 9.26. The molecule has 0 saturated carbocycles. The summed E-state index contributed by atoms with van der Waals surface area (Å²) < 4.78 is 5.18. The van der Waals surface area contributed by atoms with E-state index >= 15 is 0 Å². The third-order valence-electron chi connectivity index (χ3n) is 2.27. The normalized spacial score (nSPS) is 28.1. The van der Waals surface area contributed by atoms with Gasteiger partial charge >= 0.3 is 5.69 Å². The second kappa shape index (κ2) is 3.31. The molecule has 1 aliphatic heterocycles. The van der Waals surface area contributed by atoms with Gasteiger partial charge in [-0.1, -0.05) is 0 Å². The predicted octanol–water partition coefficient (Wildman–Crippen LogP) is -0.853. The molecule has 2 heterocycles. The van der Waals surface area contributed by atoms with Crippen LogP contribution in [0.1, 0.15) is 18.3 Å². The highest BCUT2D eigenvalue weighted by atomic mass is 16.5. The molecule has 2 unspecified atom stereocenters. The molecule has 0 bridgehead atoms. The second-order valence-corrected chi connectivity index (χ2v) is 3.12. The van der Waals surface area contributed by atoms with Gasteiger partial charge in [-0.25, -0.2) is 9.89 Å². The van der Waals surface area contributed by atoms with Crippen molar-refractivity contribution in [1.29, 1.82) is 0 Å². The molecule has 13 heavy (non-hydrogen) atoms. The lowest BCUT2D eigenvalue weighted by molar-refractivity contribution is 0.117. The number of methoxy groups -OCH3 is 1. The quantitative estimate of drug-likeness (QED) is 0.559. The van der Waals surface area contributed by atoms with Crippen LogP contribution in [-0.4, -0.2) is 34.9 Å². The minimum absolute atomic E-state index is 0.101. The van der Waals surface area contributed by atoms with Crippen LogP contribution in [0.5, 0.6) is 0 Å². The van der Waals surface area contributed by atoms with E-state index in [9.17, 15) is 4.79 Å². The van der Waals surface area contributed by atoms with Gasteiger partial charge in [0.1, 0.15) is 5.82 Å². The van der Waals surface area contributed by atoms with Crippen LogP contribution in [0.25, 0.3) is 0 Å². The first-order valence-corrected chi connectivity index (χ1v) is 4.20. The van der Waals surface area contributed by atoms with E-state index in [4.69, 9.17) is 4.74 Å². The molecule has 0 amide bonds. The number of nitrogens with zero attached hydrogens (tertiary/aromatic N) is 1. The van der Waals surface area contributed by atoms with Gasteiger partial charge in [-0.3, -0.25) is 4.98 Å². The minimum atomic E-state index is -0.266. The largest absolute Gasteiger partial charge is 0.380 e. The molecule has 3 N–H and O–H groups in total. The molecule has 1 aromatic heterocycles. The number of aromatic amines is 2. The Morgan fingerprint density at radius 2 is 2.46 bits per heavy atom. The van der Waals surface area contributed by atoms with Crippen molar-refractivity contribution in [3.63, 3.8) is 0 Å². The van der Waals surface area contributed by atoms with Crippen molar-refractivity contribution in [2.75, 3.05) is 13.7 Å². The number of rotatable bonds is 2. The van der Waals surface area contributed by atoms with Crippen molar-refractivity contribution in [3.05, 3.63) is 16.3 Å². The van der Waals surface area contributed by atoms with Gasteiger partial charge in [0.05, 0.1) is 12.1 Å². The van der Waals surface area contributed by atoms with E-state index in [1.54, 1.807) is 7.11 Å². The monoisotopic (exact) mass is 184 g/mol. The minimum Gasteiger partial charge on any atom is -0.380 e. The van der Waals surface area contributed by atoms with E-state index < -0.39 is 0 Å². The molecule has 6 heteroatoms. The highest BCUT2D eigenvalue weighted by Gasteiger charge is 2.26. The number of nitrogens with one attached hydrogen (secondary N) is 3. The van der Waals surface area contributed by atoms with Crippen LogP contribution in [0.3, 0.4) is 0 Å². The van der Waals surface area contributed by atoms with Gasteiger partial charge in [-0.2, -0.15) is 5.10 Å². The van der Waals surface area contributed by atoms with Crippen LogP contribution < -0.4 is 11.0 Å². The molecular formula is C7H12N4O2. The van der Waals surface area contributed by atoms with Gasteiger partial charge in [0.2, 0.25) is 0 Å². The third-order valence-corrected chi connectivity index (χ3v) is 2.27. The molecule has 1 saturated heterocycles. The summed E-state index contributed by atoms with van der Waals surface area (Å²) in [4.78, 5) is 13.4. The van der Waals surface area contributed by atoms with Crippen molar-refractivity contribution < 1.29 is 4.74 Å². The van der Waals surface area contributed by atoms with Crippen molar-refractivity contribution in [2.45, 2.75) is 18.6 Å².